The molecule has 0 bridgehead atoms. The van der Waals surface area contributed by atoms with Crippen LogP contribution in [0.15, 0.2) is 48.5 Å². The van der Waals surface area contributed by atoms with E-state index in [9.17, 15) is 9.59 Å². The Labute approximate surface area is 154 Å². The first kappa shape index (κ1) is 19.5. The summed E-state index contributed by atoms with van der Waals surface area (Å²) in [4.78, 5) is 25.6. The van der Waals surface area contributed by atoms with Crippen LogP contribution in [-0.2, 0) is 17.9 Å². The van der Waals surface area contributed by atoms with E-state index in [0.29, 0.717) is 25.2 Å². The number of hydrogen-bond acceptors (Lipinski definition) is 4. The van der Waals surface area contributed by atoms with Gasteiger partial charge in [0, 0.05) is 25.7 Å². The molecule has 2 rings (SSSR count). The average molecular weight is 355 g/mol. The quantitative estimate of drug-likeness (QED) is 0.758. The highest BCUT2D eigenvalue weighted by atomic mass is 16.5. The van der Waals surface area contributed by atoms with E-state index in [1.54, 1.807) is 26.3 Å². The molecular formula is C20H25N3O3. The molecule has 0 aromatic heterocycles. The van der Waals surface area contributed by atoms with Crippen LogP contribution < -0.4 is 15.4 Å². The number of carbonyl (C=O) groups excluding carboxylic acids is 2. The van der Waals surface area contributed by atoms with Crippen molar-refractivity contribution in [3.8, 4) is 5.75 Å². The van der Waals surface area contributed by atoms with Crippen molar-refractivity contribution in [3.63, 3.8) is 0 Å². The maximum atomic E-state index is 12.1. The maximum Gasteiger partial charge on any atom is 0.251 e. The number of nitrogens with one attached hydrogen (secondary N) is 2. The molecule has 2 aromatic rings. The van der Waals surface area contributed by atoms with Gasteiger partial charge in [0.2, 0.25) is 5.91 Å². The van der Waals surface area contributed by atoms with Crippen molar-refractivity contribution < 1.29 is 14.3 Å². The van der Waals surface area contributed by atoms with Gasteiger partial charge >= 0.3 is 0 Å². The highest BCUT2D eigenvalue weighted by molar-refractivity contribution is 5.93. The summed E-state index contributed by atoms with van der Waals surface area (Å²) in [5.41, 5.74) is 2.65. The van der Waals surface area contributed by atoms with Gasteiger partial charge in [-0.05, 0) is 42.4 Å². The number of nitrogens with zero attached hydrogens (tertiary/aromatic N) is 1. The number of likely N-dealkylation sites (N-methyl/N-ethyl adjacent to an activating group) is 1. The fourth-order valence-corrected chi connectivity index (χ4v) is 2.56. The molecule has 2 amide bonds. The minimum Gasteiger partial charge on any atom is -0.497 e. The van der Waals surface area contributed by atoms with Crippen LogP contribution in [0.3, 0.4) is 0 Å². The van der Waals surface area contributed by atoms with Crippen molar-refractivity contribution >= 4 is 11.8 Å². The van der Waals surface area contributed by atoms with Crippen LogP contribution in [0.5, 0.6) is 5.75 Å². The number of methoxy groups -OCH3 is 1. The summed E-state index contributed by atoms with van der Waals surface area (Å²) in [6.07, 6.45) is 0. The van der Waals surface area contributed by atoms with Gasteiger partial charge < -0.3 is 15.4 Å². The molecule has 0 aliphatic rings. The Balaban J connectivity index is 1.80. The van der Waals surface area contributed by atoms with Crippen molar-refractivity contribution in [1.29, 1.82) is 0 Å². The van der Waals surface area contributed by atoms with Crippen molar-refractivity contribution in [2.24, 2.45) is 0 Å². The van der Waals surface area contributed by atoms with Crippen molar-refractivity contribution in [1.82, 2.24) is 15.5 Å². The van der Waals surface area contributed by atoms with Gasteiger partial charge in [0.05, 0.1) is 13.7 Å². The van der Waals surface area contributed by atoms with Crippen LogP contribution in [0.2, 0.25) is 0 Å². The van der Waals surface area contributed by atoms with Gasteiger partial charge in [-0.25, -0.2) is 0 Å². The standard InChI is InChI=1S/C20H25N3O3/c1-21-20(25)17-9-7-15(8-10-17)13-23(2)14-19(24)22-12-16-5-4-6-18(11-16)26-3/h4-11H,12-14H2,1-3H3,(H,21,25)(H,22,24). The molecule has 2 aromatic carbocycles. The lowest BCUT2D eigenvalue weighted by Crippen LogP contribution is -2.34. The Kier molecular flexibility index (Phi) is 7.17. The number of hydrogen-bond donors (Lipinski definition) is 2. The van der Waals surface area contributed by atoms with Gasteiger partial charge in [0.15, 0.2) is 0 Å². The van der Waals surface area contributed by atoms with E-state index in [0.717, 1.165) is 16.9 Å². The topological polar surface area (TPSA) is 70.7 Å². The highest BCUT2D eigenvalue weighted by Crippen LogP contribution is 2.12. The van der Waals surface area contributed by atoms with Gasteiger partial charge in [-0.3, -0.25) is 14.5 Å². The molecule has 6 heteroatoms. The van der Waals surface area contributed by atoms with E-state index in [-0.39, 0.29) is 11.8 Å². The average Bonchev–Trinajstić information content (AvgIpc) is 2.66. The van der Waals surface area contributed by atoms with Crippen LogP contribution in [0.4, 0.5) is 0 Å². The summed E-state index contributed by atoms with van der Waals surface area (Å²) >= 11 is 0. The monoisotopic (exact) mass is 355 g/mol. The lowest BCUT2D eigenvalue weighted by atomic mass is 10.1. The third-order valence-corrected chi connectivity index (χ3v) is 3.93. The molecule has 0 unspecified atom stereocenters. The number of benzene rings is 2. The van der Waals surface area contributed by atoms with E-state index in [1.807, 2.05) is 48.3 Å². The van der Waals surface area contributed by atoms with E-state index in [1.165, 1.54) is 0 Å². The molecule has 0 atom stereocenters. The van der Waals surface area contributed by atoms with Crippen LogP contribution >= 0.6 is 0 Å². The van der Waals surface area contributed by atoms with Crippen LogP contribution in [0.25, 0.3) is 0 Å². The second kappa shape index (κ2) is 9.58. The smallest absolute Gasteiger partial charge is 0.251 e. The lowest BCUT2D eigenvalue weighted by Gasteiger charge is -2.16. The minimum absolute atomic E-state index is 0.0442. The number of ether oxygens (including phenoxy) is 1. The zero-order valence-electron chi connectivity index (χ0n) is 15.4. The molecule has 0 spiro atoms. The Bertz CT molecular complexity index is 744. The fraction of sp³-hybridized carbons (Fsp3) is 0.300. The van der Waals surface area contributed by atoms with Crippen molar-refractivity contribution in [2.45, 2.75) is 13.1 Å². The Morgan fingerprint density at radius 2 is 1.81 bits per heavy atom. The molecule has 0 fully saturated rings. The summed E-state index contributed by atoms with van der Waals surface area (Å²) < 4.78 is 5.18. The summed E-state index contributed by atoms with van der Waals surface area (Å²) in [5, 5.41) is 5.50. The first-order valence-corrected chi connectivity index (χ1v) is 8.41. The second-order valence-electron chi connectivity index (χ2n) is 6.08. The molecule has 26 heavy (non-hydrogen) atoms. The van der Waals surface area contributed by atoms with Gasteiger partial charge in [-0.15, -0.1) is 0 Å². The van der Waals surface area contributed by atoms with E-state index in [4.69, 9.17) is 4.74 Å². The third-order valence-electron chi connectivity index (χ3n) is 3.93. The first-order chi connectivity index (χ1) is 12.5. The highest BCUT2D eigenvalue weighted by Gasteiger charge is 2.08. The predicted octanol–water partition coefficient (Wildman–Crippen LogP) is 1.80. The van der Waals surface area contributed by atoms with E-state index < -0.39 is 0 Å². The van der Waals surface area contributed by atoms with E-state index in [2.05, 4.69) is 10.6 Å². The largest absolute Gasteiger partial charge is 0.497 e. The molecular weight excluding hydrogens is 330 g/mol. The molecule has 0 radical (unpaired) electrons. The van der Waals surface area contributed by atoms with E-state index >= 15 is 0 Å². The third kappa shape index (κ3) is 5.89. The molecule has 0 saturated heterocycles. The normalized spacial score (nSPS) is 10.5. The minimum atomic E-state index is -0.109. The Hall–Kier alpha value is -2.86. The fourth-order valence-electron chi connectivity index (χ4n) is 2.56. The molecule has 6 nitrogen and oxygen atoms in total. The van der Waals surface area contributed by atoms with Crippen LogP contribution in [-0.4, -0.2) is 44.5 Å². The van der Waals surface area contributed by atoms with Gasteiger partial charge in [0.1, 0.15) is 5.75 Å². The summed E-state index contributed by atoms with van der Waals surface area (Å²) in [6.45, 7) is 1.38. The second-order valence-corrected chi connectivity index (χ2v) is 6.08. The molecule has 138 valence electrons. The summed E-state index contributed by atoms with van der Waals surface area (Å²) in [5.74, 6) is 0.619. The number of amides is 2. The molecule has 0 heterocycles. The zero-order chi connectivity index (χ0) is 18.9. The van der Waals surface area contributed by atoms with Crippen molar-refractivity contribution in [3.05, 3.63) is 65.2 Å². The van der Waals surface area contributed by atoms with Crippen molar-refractivity contribution in [2.75, 3.05) is 27.7 Å². The number of carbonyl (C=O) groups is 2. The molecule has 0 aliphatic heterocycles. The maximum absolute atomic E-state index is 12.1. The van der Waals surface area contributed by atoms with Gasteiger partial charge in [-0.2, -0.15) is 0 Å². The van der Waals surface area contributed by atoms with Gasteiger partial charge in [-0.1, -0.05) is 24.3 Å². The Morgan fingerprint density at radius 3 is 2.46 bits per heavy atom. The number of rotatable bonds is 8. The molecule has 2 N–H and O–H groups in total. The Morgan fingerprint density at radius 1 is 1.08 bits per heavy atom. The predicted molar refractivity (Wildman–Crippen MR) is 101 cm³/mol. The molecule has 0 aliphatic carbocycles. The van der Waals surface area contributed by atoms with Gasteiger partial charge in [0.25, 0.3) is 5.91 Å². The zero-order valence-corrected chi connectivity index (χ0v) is 15.4. The van der Waals surface area contributed by atoms with Crippen LogP contribution in [0, 0.1) is 0 Å². The summed E-state index contributed by atoms with van der Waals surface area (Å²) in [6, 6.07) is 15.0. The first-order valence-electron chi connectivity index (χ1n) is 8.41. The van der Waals surface area contributed by atoms with Crippen LogP contribution in [0.1, 0.15) is 21.5 Å². The molecule has 0 saturated carbocycles. The SMILES string of the molecule is CNC(=O)c1ccc(CN(C)CC(=O)NCc2cccc(OC)c2)cc1. The lowest BCUT2D eigenvalue weighted by molar-refractivity contribution is -0.122. The summed E-state index contributed by atoms with van der Waals surface area (Å²) in [7, 11) is 5.11.